The molecule has 148 valence electrons. The lowest BCUT2D eigenvalue weighted by molar-refractivity contribution is 0.406. The number of rotatable bonds is 7. The van der Waals surface area contributed by atoms with Gasteiger partial charge in [-0.3, -0.25) is 4.79 Å². The second-order valence-electron chi connectivity index (χ2n) is 7.75. The van der Waals surface area contributed by atoms with Gasteiger partial charge in [0.25, 0.3) is 5.56 Å². The largest absolute Gasteiger partial charge is 0.309 e. The number of hydrogen-bond donors (Lipinski definition) is 2. The standard InChI is InChI=1S/C23H28ClN3O/c1-5-15(4)16-6-8-17(9-7-16)22(14(2)3)25-13-21-26-20-12-18(24)10-11-19(20)23(28)27-21/h6-12,14-15,22,25H,5,13H2,1-4H3,(H,26,27,28)/t15-,22-/m0/s1. The molecular formula is C23H28ClN3O. The summed E-state index contributed by atoms with van der Waals surface area (Å²) in [5, 5.41) is 4.68. The molecule has 0 fully saturated rings. The third-order valence-electron chi connectivity index (χ3n) is 5.35. The zero-order valence-corrected chi connectivity index (χ0v) is 17.7. The fourth-order valence-corrected chi connectivity index (χ4v) is 3.62. The fourth-order valence-electron chi connectivity index (χ4n) is 3.46. The van der Waals surface area contributed by atoms with Crippen LogP contribution in [0.25, 0.3) is 10.9 Å². The van der Waals surface area contributed by atoms with Crippen molar-refractivity contribution >= 4 is 22.5 Å². The monoisotopic (exact) mass is 397 g/mol. The number of fused-ring (bicyclic) bond motifs is 1. The van der Waals surface area contributed by atoms with Crippen molar-refractivity contribution in [3.8, 4) is 0 Å². The minimum absolute atomic E-state index is 0.141. The highest BCUT2D eigenvalue weighted by Crippen LogP contribution is 2.25. The van der Waals surface area contributed by atoms with Crippen LogP contribution in [0.15, 0.2) is 47.3 Å². The topological polar surface area (TPSA) is 57.8 Å². The lowest BCUT2D eigenvalue weighted by Crippen LogP contribution is -2.27. The summed E-state index contributed by atoms with van der Waals surface area (Å²) in [6.45, 7) is 9.32. The van der Waals surface area contributed by atoms with Crippen molar-refractivity contribution in [1.82, 2.24) is 15.3 Å². The van der Waals surface area contributed by atoms with Crippen molar-refractivity contribution in [3.63, 3.8) is 0 Å². The van der Waals surface area contributed by atoms with Gasteiger partial charge in [0.1, 0.15) is 5.82 Å². The van der Waals surface area contributed by atoms with Crippen LogP contribution in [0.1, 0.15) is 63.0 Å². The summed E-state index contributed by atoms with van der Waals surface area (Å²) < 4.78 is 0. The Morgan fingerprint density at radius 3 is 2.39 bits per heavy atom. The second kappa shape index (κ2) is 8.89. The molecule has 0 saturated carbocycles. The van der Waals surface area contributed by atoms with E-state index >= 15 is 0 Å². The van der Waals surface area contributed by atoms with Crippen LogP contribution in [0.5, 0.6) is 0 Å². The zero-order valence-electron chi connectivity index (χ0n) is 16.9. The Hall–Kier alpha value is -2.17. The SMILES string of the molecule is CC[C@H](C)c1ccc([C@@H](NCc2nc3cc(Cl)ccc3c(=O)[nH]2)C(C)C)cc1. The molecule has 2 aromatic carbocycles. The van der Waals surface area contributed by atoms with Crippen molar-refractivity contribution in [1.29, 1.82) is 0 Å². The van der Waals surface area contributed by atoms with Crippen LogP contribution < -0.4 is 10.9 Å². The Kier molecular flexibility index (Phi) is 6.53. The third-order valence-corrected chi connectivity index (χ3v) is 5.59. The van der Waals surface area contributed by atoms with Crippen LogP contribution in [-0.2, 0) is 6.54 Å². The maximum atomic E-state index is 12.3. The molecule has 1 aromatic heterocycles. The van der Waals surface area contributed by atoms with E-state index in [1.165, 1.54) is 11.1 Å². The summed E-state index contributed by atoms with van der Waals surface area (Å²) >= 11 is 6.05. The average molecular weight is 398 g/mol. The summed E-state index contributed by atoms with van der Waals surface area (Å²) in [5.74, 6) is 1.58. The zero-order chi connectivity index (χ0) is 20.3. The third kappa shape index (κ3) is 4.62. The van der Waals surface area contributed by atoms with Crippen LogP contribution in [0, 0.1) is 5.92 Å². The van der Waals surface area contributed by atoms with E-state index in [9.17, 15) is 4.79 Å². The molecule has 0 aliphatic heterocycles. The highest BCUT2D eigenvalue weighted by molar-refractivity contribution is 6.31. The number of hydrogen-bond acceptors (Lipinski definition) is 3. The van der Waals surface area contributed by atoms with Crippen molar-refractivity contribution in [2.45, 2.75) is 52.6 Å². The maximum Gasteiger partial charge on any atom is 0.258 e. The second-order valence-corrected chi connectivity index (χ2v) is 8.19. The van der Waals surface area contributed by atoms with E-state index in [4.69, 9.17) is 11.6 Å². The first-order valence-electron chi connectivity index (χ1n) is 9.90. The molecule has 3 aromatic rings. The van der Waals surface area contributed by atoms with Gasteiger partial charge >= 0.3 is 0 Å². The molecule has 0 spiro atoms. The Morgan fingerprint density at radius 2 is 1.75 bits per heavy atom. The van der Waals surface area contributed by atoms with Crippen molar-refractivity contribution in [3.05, 3.63) is 74.8 Å². The van der Waals surface area contributed by atoms with Gasteiger partial charge < -0.3 is 10.3 Å². The number of aromatic nitrogens is 2. The predicted octanol–water partition coefficient (Wildman–Crippen LogP) is 5.58. The minimum atomic E-state index is -0.141. The lowest BCUT2D eigenvalue weighted by atomic mass is 9.92. The van der Waals surface area contributed by atoms with Gasteiger partial charge in [-0.15, -0.1) is 0 Å². The van der Waals surface area contributed by atoms with Crippen LogP contribution in [-0.4, -0.2) is 9.97 Å². The average Bonchev–Trinajstić information content (AvgIpc) is 2.67. The number of H-pyrrole nitrogens is 1. The van der Waals surface area contributed by atoms with Gasteiger partial charge in [-0.05, 0) is 47.6 Å². The van der Waals surface area contributed by atoms with E-state index in [1.807, 2.05) is 0 Å². The first-order chi connectivity index (χ1) is 13.4. The summed E-state index contributed by atoms with van der Waals surface area (Å²) in [7, 11) is 0. The van der Waals surface area contributed by atoms with Crippen LogP contribution in [0.3, 0.4) is 0 Å². The summed E-state index contributed by atoms with van der Waals surface area (Å²) in [6.07, 6.45) is 1.14. The molecule has 0 aliphatic carbocycles. The number of aromatic amines is 1. The van der Waals surface area contributed by atoms with Gasteiger partial charge in [-0.2, -0.15) is 0 Å². The first-order valence-corrected chi connectivity index (χ1v) is 10.3. The van der Waals surface area contributed by atoms with Crippen LogP contribution in [0.4, 0.5) is 0 Å². The Morgan fingerprint density at radius 1 is 1.07 bits per heavy atom. The molecule has 2 N–H and O–H groups in total. The molecule has 5 heteroatoms. The number of halogens is 1. The summed E-state index contributed by atoms with van der Waals surface area (Å²) in [5.41, 5.74) is 3.09. The van der Waals surface area contributed by atoms with Gasteiger partial charge in [0.05, 0.1) is 17.4 Å². The van der Waals surface area contributed by atoms with Gasteiger partial charge in [-0.25, -0.2) is 4.98 Å². The van der Waals surface area contributed by atoms with Crippen molar-refractivity contribution < 1.29 is 0 Å². The number of benzene rings is 2. The molecule has 3 rings (SSSR count). The molecule has 0 bridgehead atoms. The normalized spacial score (nSPS) is 13.8. The van der Waals surface area contributed by atoms with E-state index in [-0.39, 0.29) is 11.6 Å². The van der Waals surface area contributed by atoms with Crippen LogP contribution in [0.2, 0.25) is 5.02 Å². The van der Waals surface area contributed by atoms with E-state index < -0.39 is 0 Å². The van der Waals surface area contributed by atoms with Gasteiger partial charge in [-0.1, -0.05) is 63.6 Å². The van der Waals surface area contributed by atoms with Gasteiger partial charge in [0.2, 0.25) is 0 Å². The van der Waals surface area contributed by atoms with E-state index in [0.717, 1.165) is 6.42 Å². The maximum absolute atomic E-state index is 12.3. The molecular weight excluding hydrogens is 370 g/mol. The first kappa shape index (κ1) is 20.6. The Bertz CT molecular complexity index is 995. The van der Waals surface area contributed by atoms with E-state index in [0.29, 0.717) is 40.1 Å². The lowest BCUT2D eigenvalue weighted by Gasteiger charge is -2.23. The fraction of sp³-hybridized carbons (Fsp3) is 0.391. The highest BCUT2D eigenvalue weighted by Gasteiger charge is 2.16. The predicted molar refractivity (Wildman–Crippen MR) is 117 cm³/mol. The molecule has 0 aliphatic rings. The molecule has 0 radical (unpaired) electrons. The number of nitrogens with zero attached hydrogens (tertiary/aromatic N) is 1. The molecule has 4 nitrogen and oxygen atoms in total. The Labute approximate surface area is 171 Å². The summed E-state index contributed by atoms with van der Waals surface area (Å²) in [4.78, 5) is 19.8. The molecule has 1 heterocycles. The Balaban J connectivity index is 1.80. The van der Waals surface area contributed by atoms with E-state index in [1.54, 1.807) is 18.2 Å². The smallest absolute Gasteiger partial charge is 0.258 e. The van der Waals surface area contributed by atoms with Gasteiger partial charge in [0, 0.05) is 11.1 Å². The van der Waals surface area contributed by atoms with Gasteiger partial charge in [0.15, 0.2) is 0 Å². The quantitative estimate of drug-likeness (QED) is 0.547. The van der Waals surface area contributed by atoms with E-state index in [2.05, 4.69) is 67.2 Å². The highest BCUT2D eigenvalue weighted by atomic mass is 35.5. The molecule has 28 heavy (non-hydrogen) atoms. The van der Waals surface area contributed by atoms with Crippen LogP contribution >= 0.6 is 11.6 Å². The van der Waals surface area contributed by atoms with Crippen molar-refractivity contribution in [2.75, 3.05) is 0 Å². The minimum Gasteiger partial charge on any atom is -0.309 e. The summed E-state index contributed by atoms with van der Waals surface area (Å²) in [6, 6.07) is 14.2. The van der Waals surface area contributed by atoms with Crippen molar-refractivity contribution in [2.24, 2.45) is 5.92 Å². The molecule has 0 saturated heterocycles. The molecule has 0 amide bonds. The number of nitrogens with one attached hydrogen (secondary N) is 2. The molecule has 0 unspecified atom stereocenters. The molecule has 2 atom stereocenters.